The van der Waals surface area contributed by atoms with E-state index < -0.39 is 32.9 Å². The summed E-state index contributed by atoms with van der Waals surface area (Å²) in [5, 5.41) is -0.122. The maximum atomic E-state index is 13.7. The van der Waals surface area contributed by atoms with Crippen LogP contribution in [0.3, 0.4) is 0 Å². The van der Waals surface area contributed by atoms with Crippen molar-refractivity contribution in [3.63, 3.8) is 0 Å². The molecule has 8 nitrogen and oxygen atoms in total. The summed E-state index contributed by atoms with van der Waals surface area (Å²) in [6.07, 6.45) is 0.955. The van der Waals surface area contributed by atoms with Crippen LogP contribution in [-0.2, 0) is 35.4 Å². The summed E-state index contributed by atoms with van der Waals surface area (Å²) in [6, 6.07) is 14.9. The topological polar surface area (TPSA) is 105 Å². The van der Waals surface area contributed by atoms with Gasteiger partial charge >= 0.3 is 11.9 Å². The van der Waals surface area contributed by atoms with Crippen LogP contribution >= 0.6 is 22.6 Å². The number of sulfone groups is 1. The number of allylic oxidation sites excluding steroid dienone is 1. The van der Waals surface area contributed by atoms with Crippen molar-refractivity contribution in [2.45, 2.75) is 38.4 Å². The summed E-state index contributed by atoms with van der Waals surface area (Å²) in [5.74, 6) is -2.16. The molecule has 0 atom stereocenters. The van der Waals surface area contributed by atoms with Crippen LogP contribution in [0.1, 0.15) is 32.3 Å². The summed E-state index contributed by atoms with van der Waals surface area (Å²) < 4.78 is 40.4. The molecule has 10 heteroatoms. The third kappa shape index (κ3) is 5.80. The summed E-state index contributed by atoms with van der Waals surface area (Å²) in [4.78, 5) is 30.3. The molecule has 0 N–H and O–H groups in total. The minimum atomic E-state index is -4.03. The van der Waals surface area contributed by atoms with Crippen molar-refractivity contribution in [2.24, 2.45) is 5.41 Å². The molecule has 0 saturated carbocycles. The van der Waals surface area contributed by atoms with E-state index in [1.165, 1.54) is 6.08 Å². The number of hydrogen-bond acceptors (Lipinski definition) is 7. The summed E-state index contributed by atoms with van der Waals surface area (Å²) in [6.45, 7) is 7.25. The van der Waals surface area contributed by atoms with Crippen LogP contribution in [0.4, 0.5) is 0 Å². The molecule has 0 aliphatic heterocycles. The lowest BCUT2D eigenvalue weighted by Gasteiger charge is -2.28. The Morgan fingerprint density at radius 2 is 1.67 bits per heavy atom. The maximum Gasteiger partial charge on any atom is 0.323 e. The molecule has 192 valence electrons. The zero-order valence-electron chi connectivity index (χ0n) is 20.3. The number of esters is 2. The van der Waals surface area contributed by atoms with Gasteiger partial charge in [0.05, 0.1) is 36.5 Å². The standard InChI is InChI=1S/C26H29IN2O6S/c1-4-15-26(23(30)34-5-2,24(31)35-6-3)16-17-36(32,33)25-28-21-13-9-10-14-22(21)29(25)18-19-11-7-8-12-20(19)27/h4,7-14H,1,5-6,15-18H2,2-3H3. The second kappa shape index (κ2) is 12.0. The van der Waals surface area contributed by atoms with Gasteiger partial charge in [-0.3, -0.25) is 9.59 Å². The highest BCUT2D eigenvalue weighted by Gasteiger charge is 2.48. The number of aromatic nitrogens is 2. The number of fused-ring (bicyclic) bond motifs is 1. The highest BCUT2D eigenvalue weighted by Crippen LogP contribution is 2.33. The first-order valence-electron chi connectivity index (χ1n) is 11.6. The van der Waals surface area contributed by atoms with Crippen molar-refractivity contribution in [3.8, 4) is 0 Å². The van der Waals surface area contributed by atoms with Gasteiger partial charge in [-0.1, -0.05) is 36.4 Å². The molecule has 0 spiro atoms. The molecule has 0 amide bonds. The maximum absolute atomic E-state index is 13.7. The van der Waals surface area contributed by atoms with E-state index in [1.807, 2.05) is 36.4 Å². The van der Waals surface area contributed by atoms with E-state index in [4.69, 9.17) is 9.47 Å². The summed E-state index contributed by atoms with van der Waals surface area (Å²) in [7, 11) is -4.03. The van der Waals surface area contributed by atoms with E-state index in [0.29, 0.717) is 17.6 Å². The predicted molar refractivity (Wildman–Crippen MR) is 145 cm³/mol. The molecule has 1 aromatic heterocycles. The fraction of sp³-hybridized carbons (Fsp3) is 0.346. The van der Waals surface area contributed by atoms with Crippen molar-refractivity contribution < 1.29 is 27.5 Å². The van der Waals surface area contributed by atoms with Gasteiger partial charge in [0.15, 0.2) is 5.41 Å². The molecule has 0 saturated heterocycles. The molecule has 0 fully saturated rings. The number of carbonyl (C=O) groups is 2. The molecular formula is C26H29IN2O6S. The average molecular weight is 624 g/mol. The normalized spacial score (nSPS) is 11.9. The smallest absolute Gasteiger partial charge is 0.323 e. The van der Waals surface area contributed by atoms with Crippen LogP contribution in [0, 0.1) is 8.99 Å². The Morgan fingerprint density at radius 3 is 2.28 bits per heavy atom. The van der Waals surface area contributed by atoms with Gasteiger partial charge in [0.2, 0.25) is 15.0 Å². The van der Waals surface area contributed by atoms with Crippen molar-refractivity contribution >= 4 is 55.4 Å². The van der Waals surface area contributed by atoms with Crippen LogP contribution in [-0.4, -0.2) is 48.9 Å². The molecule has 3 rings (SSSR count). The zero-order chi connectivity index (χ0) is 26.3. The SMILES string of the molecule is C=CCC(CCS(=O)(=O)c1nc2ccccc2n1Cc1ccccc1I)(C(=O)OCC)C(=O)OCC. The van der Waals surface area contributed by atoms with Crippen molar-refractivity contribution in [3.05, 3.63) is 70.3 Å². The monoisotopic (exact) mass is 624 g/mol. The van der Waals surface area contributed by atoms with Gasteiger partial charge in [-0.25, -0.2) is 13.4 Å². The highest BCUT2D eigenvalue weighted by atomic mass is 127. The van der Waals surface area contributed by atoms with Gasteiger partial charge in [0, 0.05) is 3.57 Å². The van der Waals surface area contributed by atoms with Crippen molar-refractivity contribution in [1.82, 2.24) is 9.55 Å². The Balaban J connectivity index is 2.05. The van der Waals surface area contributed by atoms with E-state index in [9.17, 15) is 18.0 Å². The Hall–Kier alpha value is -2.73. The Labute approximate surface area is 224 Å². The van der Waals surface area contributed by atoms with Gasteiger partial charge in [-0.2, -0.15) is 0 Å². The number of para-hydroxylation sites is 2. The van der Waals surface area contributed by atoms with E-state index in [-0.39, 0.29) is 31.2 Å². The van der Waals surface area contributed by atoms with Crippen molar-refractivity contribution in [2.75, 3.05) is 19.0 Å². The largest absolute Gasteiger partial charge is 0.465 e. The second-order valence-corrected chi connectivity index (χ2v) is 11.3. The van der Waals surface area contributed by atoms with Gasteiger partial charge in [-0.15, -0.1) is 6.58 Å². The highest BCUT2D eigenvalue weighted by molar-refractivity contribution is 14.1. The van der Waals surface area contributed by atoms with Crippen LogP contribution in [0.15, 0.2) is 66.3 Å². The Bertz CT molecular complexity index is 1350. The Morgan fingerprint density at radius 1 is 1.06 bits per heavy atom. The quantitative estimate of drug-likeness (QED) is 0.126. The fourth-order valence-corrected chi connectivity index (χ4v) is 6.08. The molecule has 0 radical (unpaired) electrons. The van der Waals surface area contributed by atoms with Gasteiger partial charge < -0.3 is 14.0 Å². The molecule has 1 heterocycles. The molecule has 3 aromatic rings. The van der Waals surface area contributed by atoms with Gasteiger partial charge in [0.25, 0.3) is 0 Å². The first-order chi connectivity index (χ1) is 17.2. The van der Waals surface area contributed by atoms with E-state index in [1.54, 1.807) is 30.5 Å². The van der Waals surface area contributed by atoms with E-state index in [0.717, 1.165) is 9.13 Å². The lowest BCUT2D eigenvalue weighted by atomic mass is 9.81. The third-order valence-corrected chi connectivity index (χ3v) is 8.47. The van der Waals surface area contributed by atoms with Gasteiger partial charge in [0.1, 0.15) is 0 Å². The zero-order valence-corrected chi connectivity index (χ0v) is 23.3. The minimum Gasteiger partial charge on any atom is -0.465 e. The minimum absolute atomic E-state index is 0.0371. The number of imidazole rings is 1. The van der Waals surface area contributed by atoms with E-state index in [2.05, 4.69) is 34.2 Å². The number of rotatable bonds is 12. The van der Waals surface area contributed by atoms with E-state index >= 15 is 0 Å². The van der Waals surface area contributed by atoms with Crippen LogP contribution in [0.25, 0.3) is 11.0 Å². The van der Waals surface area contributed by atoms with Gasteiger partial charge in [-0.05, 0) is 73.0 Å². The molecule has 0 unspecified atom stereocenters. The number of ether oxygens (including phenoxy) is 2. The molecule has 0 bridgehead atoms. The molecule has 36 heavy (non-hydrogen) atoms. The molecule has 0 aliphatic rings. The first-order valence-corrected chi connectivity index (χ1v) is 14.3. The molecule has 2 aromatic carbocycles. The lowest BCUT2D eigenvalue weighted by molar-refractivity contribution is -0.172. The lowest BCUT2D eigenvalue weighted by Crippen LogP contribution is -2.43. The average Bonchev–Trinajstić information content (AvgIpc) is 3.23. The molecular weight excluding hydrogens is 595 g/mol. The van der Waals surface area contributed by atoms with Crippen LogP contribution in [0.2, 0.25) is 0 Å². The fourth-order valence-electron chi connectivity index (χ4n) is 3.98. The Kier molecular flexibility index (Phi) is 9.29. The second-order valence-electron chi connectivity index (χ2n) is 8.15. The van der Waals surface area contributed by atoms with Crippen LogP contribution < -0.4 is 0 Å². The predicted octanol–water partition coefficient (Wildman–Crippen LogP) is 4.54. The summed E-state index contributed by atoms with van der Waals surface area (Å²) in [5.41, 5.74) is 0.336. The number of nitrogens with zero attached hydrogens (tertiary/aromatic N) is 2. The number of benzene rings is 2. The number of hydrogen-bond donors (Lipinski definition) is 0. The van der Waals surface area contributed by atoms with Crippen LogP contribution in [0.5, 0.6) is 0 Å². The summed E-state index contributed by atoms with van der Waals surface area (Å²) >= 11 is 2.21. The third-order valence-electron chi connectivity index (χ3n) is 5.81. The first kappa shape index (κ1) is 27.9. The molecule has 0 aliphatic carbocycles. The number of halogens is 1. The van der Waals surface area contributed by atoms with Crippen molar-refractivity contribution in [1.29, 1.82) is 0 Å². The number of carbonyl (C=O) groups excluding carboxylic acids is 2.